The summed E-state index contributed by atoms with van der Waals surface area (Å²) < 4.78 is 5.07. The van der Waals surface area contributed by atoms with Crippen LogP contribution in [0.1, 0.15) is 39.7 Å². The Labute approximate surface area is 124 Å². The fourth-order valence-electron chi connectivity index (χ4n) is 2.71. The Hall–Kier alpha value is -2.54. The summed E-state index contributed by atoms with van der Waals surface area (Å²) in [5.41, 5.74) is 5.56. The number of aryl methyl sites for hydroxylation is 3. The molecular weight excluding hydrogens is 264 g/mol. The van der Waals surface area contributed by atoms with Gasteiger partial charge in [-0.2, -0.15) is 5.26 Å². The van der Waals surface area contributed by atoms with Crippen molar-refractivity contribution in [3.8, 4) is 17.2 Å². The van der Waals surface area contributed by atoms with Crippen LogP contribution in [0.3, 0.4) is 0 Å². The van der Waals surface area contributed by atoms with E-state index < -0.39 is 5.97 Å². The van der Waals surface area contributed by atoms with E-state index in [0.29, 0.717) is 23.4 Å². The number of hydrogen-bond donors (Lipinski definition) is 1. The van der Waals surface area contributed by atoms with Crippen molar-refractivity contribution in [3.05, 3.63) is 46.3 Å². The average molecular weight is 282 g/mol. The Bertz CT molecular complexity index is 713. The summed E-state index contributed by atoms with van der Waals surface area (Å²) in [7, 11) is 0. The largest absolute Gasteiger partial charge is 0.461 e. The molecule has 21 heavy (non-hydrogen) atoms. The number of esters is 1. The first-order valence-corrected chi connectivity index (χ1v) is 6.86. The smallest absolute Gasteiger partial charge is 0.355 e. The molecule has 0 saturated carbocycles. The Morgan fingerprint density at radius 1 is 1.24 bits per heavy atom. The number of rotatable bonds is 3. The third-order valence-electron chi connectivity index (χ3n) is 3.41. The molecule has 4 heteroatoms. The number of nitrogens with one attached hydrogen (secondary N) is 1. The van der Waals surface area contributed by atoms with Crippen LogP contribution in [0.5, 0.6) is 0 Å². The average Bonchev–Trinajstić information content (AvgIpc) is 2.81. The summed E-state index contributed by atoms with van der Waals surface area (Å²) in [6.07, 6.45) is 1.56. The van der Waals surface area contributed by atoms with Gasteiger partial charge in [-0.05, 0) is 44.4 Å². The Kier molecular flexibility index (Phi) is 4.13. The number of benzene rings is 1. The lowest BCUT2D eigenvalue weighted by atomic mass is 9.91. The van der Waals surface area contributed by atoms with Gasteiger partial charge in [0.25, 0.3) is 0 Å². The van der Waals surface area contributed by atoms with Crippen molar-refractivity contribution < 1.29 is 9.53 Å². The van der Waals surface area contributed by atoms with Gasteiger partial charge in [0.05, 0.1) is 12.2 Å². The minimum Gasteiger partial charge on any atom is -0.461 e. The predicted molar refractivity (Wildman–Crippen MR) is 81.1 cm³/mol. The maximum Gasteiger partial charge on any atom is 0.355 e. The van der Waals surface area contributed by atoms with E-state index in [0.717, 1.165) is 22.3 Å². The fraction of sp³-hybridized carbons (Fsp3) is 0.294. The summed E-state index contributed by atoms with van der Waals surface area (Å²) in [6, 6.07) is 6.24. The molecule has 2 aromatic rings. The van der Waals surface area contributed by atoms with Gasteiger partial charge in [0.2, 0.25) is 0 Å². The van der Waals surface area contributed by atoms with E-state index in [2.05, 4.69) is 11.1 Å². The Morgan fingerprint density at radius 2 is 1.86 bits per heavy atom. The minimum atomic E-state index is -0.437. The highest BCUT2D eigenvalue weighted by molar-refractivity contribution is 5.98. The molecule has 108 valence electrons. The number of aromatic amines is 1. The number of ether oxygens (including phenoxy) is 1. The maximum absolute atomic E-state index is 12.1. The number of hydrogen-bond acceptors (Lipinski definition) is 3. The van der Waals surface area contributed by atoms with Gasteiger partial charge in [-0.25, -0.2) is 4.79 Å². The van der Waals surface area contributed by atoms with Crippen LogP contribution < -0.4 is 0 Å². The van der Waals surface area contributed by atoms with Crippen LogP contribution in [-0.4, -0.2) is 17.6 Å². The van der Waals surface area contributed by atoms with E-state index in [1.165, 1.54) is 0 Å². The van der Waals surface area contributed by atoms with E-state index in [1.54, 1.807) is 13.1 Å². The van der Waals surface area contributed by atoms with Crippen molar-refractivity contribution in [1.29, 1.82) is 5.26 Å². The molecule has 0 fully saturated rings. The zero-order valence-electron chi connectivity index (χ0n) is 12.7. The molecule has 1 aromatic carbocycles. The zero-order chi connectivity index (χ0) is 15.6. The summed E-state index contributed by atoms with van der Waals surface area (Å²) in [5.74, 6) is -0.437. The molecule has 0 saturated heterocycles. The quantitative estimate of drug-likeness (QED) is 0.874. The van der Waals surface area contributed by atoms with Crippen LogP contribution in [0.15, 0.2) is 18.3 Å². The molecule has 4 nitrogen and oxygen atoms in total. The van der Waals surface area contributed by atoms with Gasteiger partial charge in [0, 0.05) is 11.8 Å². The van der Waals surface area contributed by atoms with Gasteiger partial charge in [0.1, 0.15) is 11.8 Å². The molecule has 1 N–H and O–H groups in total. The standard InChI is InChI=1S/C17H18N2O2/c1-5-21-17(20)16-15(13(8-18)9-19-16)14-11(3)6-10(2)7-12(14)4/h6-7,9,19H,5H2,1-4H3. The normalized spacial score (nSPS) is 10.2. The van der Waals surface area contributed by atoms with Crippen molar-refractivity contribution in [2.24, 2.45) is 0 Å². The van der Waals surface area contributed by atoms with Gasteiger partial charge >= 0.3 is 5.97 Å². The zero-order valence-corrected chi connectivity index (χ0v) is 12.7. The molecule has 0 unspecified atom stereocenters. The Balaban J connectivity index is 2.72. The van der Waals surface area contributed by atoms with E-state index in [9.17, 15) is 10.1 Å². The van der Waals surface area contributed by atoms with Crippen molar-refractivity contribution in [2.75, 3.05) is 6.61 Å². The number of carbonyl (C=O) groups excluding carboxylic acids is 1. The van der Waals surface area contributed by atoms with E-state index in [4.69, 9.17) is 4.74 Å². The van der Waals surface area contributed by atoms with E-state index in [-0.39, 0.29) is 0 Å². The lowest BCUT2D eigenvalue weighted by Crippen LogP contribution is -2.07. The van der Waals surface area contributed by atoms with Crippen LogP contribution in [0, 0.1) is 32.1 Å². The molecule has 0 aliphatic carbocycles. The first-order chi connectivity index (χ1) is 9.99. The molecule has 0 spiro atoms. The third-order valence-corrected chi connectivity index (χ3v) is 3.41. The number of nitriles is 1. The lowest BCUT2D eigenvalue weighted by molar-refractivity contribution is 0.0521. The van der Waals surface area contributed by atoms with Crippen LogP contribution in [0.4, 0.5) is 0 Å². The molecule has 0 radical (unpaired) electrons. The number of carbonyl (C=O) groups is 1. The second kappa shape index (κ2) is 5.84. The topological polar surface area (TPSA) is 65.9 Å². The highest BCUT2D eigenvalue weighted by Crippen LogP contribution is 2.34. The van der Waals surface area contributed by atoms with Gasteiger partial charge in [-0.1, -0.05) is 17.7 Å². The molecule has 0 atom stereocenters. The minimum absolute atomic E-state index is 0.297. The van der Waals surface area contributed by atoms with Gasteiger partial charge in [-0.3, -0.25) is 0 Å². The summed E-state index contributed by atoms with van der Waals surface area (Å²) in [4.78, 5) is 15.0. The first-order valence-electron chi connectivity index (χ1n) is 6.86. The number of H-pyrrole nitrogens is 1. The van der Waals surface area contributed by atoms with Crippen LogP contribution in [0.2, 0.25) is 0 Å². The van der Waals surface area contributed by atoms with Gasteiger partial charge in [-0.15, -0.1) is 0 Å². The van der Waals surface area contributed by atoms with Crippen molar-refractivity contribution in [3.63, 3.8) is 0 Å². The van der Waals surface area contributed by atoms with E-state index in [1.807, 2.05) is 32.9 Å². The summed E-state index contributed by atoms with van der Waals surface area (Å²) in [6.45, 7) is 8.05. The molecule has 0 amide bonds. The second-order valence-electron chi connectivity index (χ2n) is 5.06. The maximum atomic E-state index is 12.1. The van der Waals surface area contributed by atoms with Crippen LogP contribution >= 0.6 is 0 Å². The van der Waals surface area contributed by atoms with Crippen LogP contribution in [0.25, 0.3) is 11.1 Å². The van der Waals surface area contributed by atoms with Gasteiger partial charge < -0.3 is 9.72 Å². The molecule has 0 bridgehead atoms. The third kappa shape index (κ3) is 2.68. The van der Waals surface area contributed by atoms with Gasteiger partial charge in [0.15, 0.2) is 0 Å². The summed E-state index contributed by atoms with van der Waals surface area (Å²) in [5, 5.41) is 9.32. The molecule has 2 rings (SSSR count). The number of nitrogens with zero attached hydrogens (tertiary/aromatic N) is 1. The summed E-state index contributed by atoms with van der Waals surface area (Å²) >= 11 is 0. The van der Waals surface area contributed by atoms with Crippen molar-refractivity contribution in [2.45, 2.75) is 27.7 Å². The van der Waals surface area contributed by atoms with Crippen molar-refractivity contribution >= 4 is 5.97 Å². The molecular formula is C17H18N2O2. The fourth-order valence-corrected chi connectivity index (χ4v) is 2.71. The highest BCUT2D eigenvalue weighted by Gasteiger charge is 2.22. The Morgan fingerprint density at radius 3 is 2.38 bits per heavy atom. The molecule has 0 aliphatic heterocycles. The van der Waals surface area contributed by atoms with E-state index >= 15 is 0 Å². The monoisotopic (exact) mass is 282 g/mol. The lowest BCUT2D eigenvalue weighted by Gasteiger charge is -2.12. The molecule has 1 heterocycles. The highest BCUT2D eigenvalue weighted by atomic mass is 16.5. The molecule has 1 aromatic heterocycles. The second-order valence-corrected chi connectivity index (χ2v) is 5.06. The first kappa shape index (κ1) is 14.9. The number of aromatic nitrogens is 1. The van der Waals surface area contributed by atoms with Crippen LogP contribution in [-0.2, 0) is 4.74 Å². The SMILES string of the molecule is CCOC(=O)c1[nH]cc(C#N)c1-c1c(C)cc(C)cc1C. The molecule has 0 aliphatic rings. The predicted octanol–water partition coefficient (Wildman–Crippen LogP) is 3.66. The van der Waals surface area contributed by atoms with Crippen molar-refractivity contribution in [1.82, 2.24) is 4.98 Å².